The highest BCUT2D eigenvalue weighted by atomic mass is 32.2. The number of nitrogens with one attached hydrogen (secondary N) is 2. The van der Waals surface area contributed by atoms with Crippen molar-refractivity contribution in [2.45, 2.75) is 17.3 Å². The lowest BCUT2D eigenvalue weighted by Crippen LogP contribution is -2.36. The normalized spacial score (nSPS) is 14.5. The number of nitrogens with zero attached hydrogens (tertiary/aromatic N) is 3. The van der Waals surface area contributed by atoms with Crippen molar-refractivity contribution in [2.75, 3.05) is 42.3 Å². The van der Waals surface area contributed by atoms with Crippen LogP contribution in [-0.4, -0.2) is 54.1 Å². The van der Waals surface area contributed by atoms with E-state index in [9.17, 15) is 9.59 Å². The van der Waals surface area contributed by atoms with Gasteiger partial charge in [-0.15, -0.1) is 10.2 Å². The van der Waals surface area contributed by atoms with Gasteiger partial charge < -0.3 is 20.3 Å². The summed E-state index contributed by atoms with van der Waals surface area (Å²) >= 11 is 2.80. The van der Waals surface area contributed by atoms with Gasteiger partial charge in [0.05, 0.1) is 36.3 Å². The van der Waals surface area contributed by atoms with Crippen molar-refractivity contribution in [3.63, 3.8) is 0 Å². The fourth-order valence-electron chi connectivity index (χ4n) is 3.35. The van der Waals surface area contributed by atoms with E-state index in [-0.39, 0.29) is 23.6 Å². The number of benzene rings is 2. The molecule has 1 aliphatic heterocycles. The van der Waals surface area contributed by atoms with Crippen LogP contribution < -0.4 is 15.5 Å². The summed E-state index contributed by atoms with van der Waals surface area (Å²) in [6.07, 6.45) is 0. The first-order valence-corrected chi connectivity index (χ1v) is 12.4. The van der Waals surface area contributed by atoms with Crippen LogP contribution in [0.15, 0.2) is 58.9 Å². The second-order valence-electron chi connectivity index (χ2n) is 7.44. The Labute approximate surface area is 200 Å². The molecule has 0 saturated carbocycles. The first kappa shape index (κ1) is 23.2. The van der Waals surface area contributed by atoms with Gasteiger partial charge in [0.15, 0.2) is 4.34 Å². The second-order valence-corrected chi connectivity index (χ2v) is 9.62. The SMILES string of the molecule is CC(NC(=O)c1ccccc1NC(=O)CSc1nnc(N2CCOCC2)s1)c1ccccc1. The molecule has 8 nitrogen and oxygen atoms in total. The van der Waals surface area contributed by atoms with Crippen LogP contribution in [0, 0.1) is 0 Å². The summed E-state index contributed by atoms with van der Waals surface area (Å²) < 4.78 is 6.09. The molecule has 1 aromatic heterocycles. The lowest BCUT2D eigenvalue weighted by Gasteiger charge is -2.25. The molecule has 0 bridgehead atoms. The van der Waals surface area contributed by atoms with Crippen molar-refractivity contribution in [2.24, 2.45) is 0 Å². The van der Waals surface area contributed by atoms with Crippen LogP contribution in [0.2, 0.25) is 0 Å². The topological polar surface area (TPSA) is 96.5 Å². The Morgan fingerprint density at radius 3 is 2.61 bits per heavy atom. The molecule has 1 atom stereocenters. The first-order valence-electron chi connectivity index (χ1n) is 10.6. The van der Waals surface area contributed by atoms with Gasteiger partial charge in [0.2, 0.25) is 11.0 Å². The van der Waals surface area contributed by atoms with Crippen LogP contribution >= 0.6 is 23.1 Å². The van der Waals surface area contributed by atoms with Crippen LogP contribution in [-0.2, 0) is 9.53 Å². The molecule has 4 rings (SSSR count). The number of hydrogen-bond acceptors (Lipinski definition) is 8. The van der Waals surface area contributed by atoms with E-state index in [1.165, 1.54) is 23.1 Å². The van der Waals surface area contributed by atoms with Crippen LogP contribution in [0.1, 0.15) is 28.9 Å². The van der Waals surface area contributed by atoms with Crippen LogP contribution in [0.25, 0.3) is 0 Å². The fourth-order valence-corrected chi connectivity index (χ4v) is 5.04. The number of anilines is 2. The number of ether oxygens (including phenoxy) is 1. The van der Waals surface area contributed by atoms with Gasteiger partial charge in [-0.3, -0.25) is 9.59 Å². The molecule has 0 spiro atoms. The van der Waals surface area contributed by atoms with Crippen molar-refractivity contribution in [3.8, 4) is 0 Å². The monoisotopic (exact) mass is 483 g/mol. The molecule has 2 N–H and O–H groups in total. The minimum absolute atomic E-state index is 0.156. The highest BCUT2D eigenvalue weighted by Gasteiger charge is 2.18. The molecule has 1 fully saturated rings. The van der Waals surface area contributed by atoms with Crippen LogP contribution in [0.3, 0.4) is 0 Å². The van der Waals surface area contributed by atoms with E-state index < -0.39 is 0 Å². The van der Waals surface area contributed by atoms with Crippen molar-refractivity contribution in [1.82, 2.24) is 15.5 Å². The zero-order valence-corrected chi connectivity index (χ0v) is 19.8. The standard InChI is InChI=1S/C23H25N5O3S2/c1-16(17-7-3-2-4-8-17)24-21(30)18-9-5-6-10-19(18)25-20(29)15-32-23-27-26-22(33-23)28-11-13-31-14-12-28/h2-10,16H,11-15H2,1H3,(H,24,30)(H,25,29). The minimum Gasteiger partial charge on any atom is -0.378 e. The third-order valence-electron chi connectivity index (χ3n) is 5.10. The molecule has 2 amide bonds. The Morgan fingerprint density at radius 2 is 1.82 bits per heavy atom. The van der Waals surface area contributed by atoms with E-state index in [0.29, 0.717) is 24.5 Å². The Morgan fingerprint density at radius 1 is 1.09 bits per heavy atom. The molecule has 1 aliphatic rings. The van der Waals surface area contributed by atoms with Gasteiger partial charge in [0, 0.05) is 13.1 Å². The van der Waals surface area contributed by atoms with Gasteiger partial charge in [-0.1, -0.05) is 65.6 Å². The van der Waals surface area contributed by atoms with E-state index in [1.54, 1.807) is 24.3 Å². The number of hydrogen-bond donors (Lipinski definition) is 2. The molecule has 172 valence electrons. The van der Waals surface area contributed by atoms with E-state index in [4.69, 9.17) is 4.74 Å². The van der Waals surface area contributed by atoms with Gasteiger partial charge in [-0.2, -0.15) is 0 Å². The summed E-state index contributed by atoms with van der Waals surface area (Å²) in [7, 11) is 0. The van der Waals surface area contributed by atoms with Crippen molar-refractivity contribution >= 4 is 45.7 Å². The number of carbonyl (C=O) groups is 2. The van der Waals surface area contributed by atoms with Crippen LogP contribution in [0.4, 0.5) is 10.8 Å². The Kier molecular flexibility index (Phi) is 7.92. The minimum atomic E-state index is -0.241. The first-order chi connectivity index (χ1) is 16.1. The molecule has 1 saturated heterocycles. The van der Waals surface area contributed by atoms with Crippen LogP contribution in [0.5, 0.6) is 0 Å². The van der Waals surface area contributed by atoms with Gasteiger partial charge in [-0.25, -0.2) is 0 Å². The van der Waals surface area contributed by atoms with E-state index in [2.05, 4.69) is 25.7 Å². The Hall–Kier alpha value is -2.95. The van der Waals surface area contributed by atoms with E-state index in [1.807, 2.05) is 37.3 Å². The summed E-state index contributed by atoms with van der Waals surface area (Å²) in [6.45, 7) is 4.88. The number of thioether (sulfide) groups is 1. The second kappa shape index (κ2) is 11.3. The number of rotatable bonds is 8. The predicted octanol–water partition coefficient (Wildman–Crippen LogP) is 3.60. The number of para-hydroxylation sites is 1. The average molecular weight is 484 g/mol. The molecular formula is C23H25N5O3S2. The molecule has 0 radical (unpaired) electrons. The molecular weight excluding hydrogens is 458 g/mol. The predicted molar refractivity (Wildman–Crippen MR) is 131 cm³/mol. The van der Waals surface area contributed by atoms with Crippen molar-refractivity contribution in [1.29, 1.82) is 0 Å². The third-order valence-corrected chi connectivity index (χ3v) is 7.21. The van der Waals surface area contributed by atoms with Gasteiger partial charge >= 0.3 is 0 Å². The maximum Gasteiger partial charge on any atom is 0.253 e. The van der Waals surface area contributed by atoms with Gasteiger partial charge in [-0.05, 0) is 24.6 Å². The van der Waals surface area contributed by atoms with Gasteiger partial charge in [0.1, 0.15) is 0 Å². The summed E-state index contributed by atoms with van der Waals surface area (Å²) in [6, 6.07) is 16.6. The Bertz CT molecular complexity index is 1090. The summed E-state index contributed by atoms with van der Waals surface area (Å²) in [4.78, 5) is 27.6. The van der Waals surface area contributed by atoms with Crippen molar-refractivity contribution < 1.29 is 14.3 Å². The van der Waals surface area contributed by atoms with E-state index >= 15 is 0 Å². The summed E-state index contributed by atoms with van der Waals surface area (Å²) in [5.41, 5.74) is 1.91. The number of carbonyl (C=O) groups excluding carboxylic acids is 2. The lowest BCUT2D eigenvalue weighted by atomic mass is 10.1. The number of morpholine rings is 1. The maximum absolute atomic E-state index is 12.9. The average Bonchev–Trinajstić information content (AvgIpc) is 3.33. The third kappa shape index (κ3) is 6.31. The molecule has 3 aromatic rings. The fraction of sp³-hybridized carbons (Fsp3) is 0.304. The zero-order valence-electron chi connectivity index (χ0n) is 18.2. The molecule has 33 heavy (non-hydrogen) atoms. The smallest absolute Gasteiger partial charge is 0.253 e. The number of aromatic nitrogens is 2. The molecule has 2 heterocycles. The summed E-state index contributed by atoms with van der Waals surface area (Å²) in [5, 5.41) is 15.1. The quantitative estimate of drug-likeness (QED) is 0.473. The Balaban J connectivity index is 1.33. The zero-order chi connectivity index (χ0) is 23.0. The summed E-state index contributed by atoms with van der Waals surface area (Å²) in [5.74, 6) is -0.276. The van der Waals surface area contributed by atoms with E-state index in [0.717, 1.165) is 28.1 Å². The molecule has 10 heteroatoms. The maximum atomic E-state index is 12.9. The number of amides is 2. The van der Waals surface area contributed by atoms with Crippen molar-refractivity contribution in [3.05, 3.63) is 65.7 Å². The molecule has 2 aromatic carbocycles. The lowest BCUT2D eigenvalue weighted by molar-refractivity contribution is -0.113. The highest BCUT2D eigenvalue weighted by molar-refractivity contribution is 8.01. The largest absolute Gasteiger partial charge is 0.378 e. The molecule has 1 unspecified atom stereocenters. The molecule has 0 aliphatic carbocycles. The van der Waals surface area contributed by atoms with Gasteiger partial charge in [0.25, 0.3) is 5.91 Å². The highest BCUT2D eigenvalue weighted by Crippen LogP contribution is 2.28.